The van der Waals surface area contributed by atoms with Crippen LogP contribution >= 0.6 is 0 Å². The van der Waals surface area contributed by atoms with Crippen molar-refractivity contribution in [1.29, 1.82) is 0 Å². The van der Waals surface area contributed by atoms with Crippen molar-refractivity contribution in [3.63, 3.8) is 0 Å². The van der Waals surface area contributed by atoms with Gasteiger partial charge in [0, 0.05) is 19.3 Å². The average Bonchev–Trinajstić information content (AvgIpc) is 3.24. The van der Waals surface area contributed by atoms with E-state index in [1.807, 2.05) is 0 Å². The number of hydrogen-bond acceptors (Lipinski definition) is 6. The summed E-state index contributed by atoms with van der Waals surface area (Å²) in [4.78, 5) is 37.7. The van der Waals surface area contributed by atoms with Gasteiger partial charge < -0.3 is 14.2 Å². The first kappa shape index (κ1) is 59.4. The van der Waals surface area contributed by atoms with Crippen LogP contribution in [-0.4, -0.2) is 37.2 Å². The topological polar surface area (TPSA) is 78.9 Å². The first-order chi connectivity index (χ1) is 29.9. The molecule has 0 radical (unpaired) electrons. The lowest BCUT2D eigenvalue weighted by Gasteiger charge is -2.18. The maximum atomic E-state index is 12.8. The van der Waals surface area contributed by atoms with Crippen LogP contribution in [0.3, 0.4) is 0 Å². The van der Waals surface area contributed by atoms with E-state index in [9.17, 15) is 14.4 Å². The zero-order chi connectivity index (χ0) is 44.5. The molecule has 0 spiro atoms. The SMILES string of the molecule is CCCCCCCCCCCCCCCCCCCCCC(=O)OC[C@@H](COC(=O)CCCCCCC)OC(=O)CCCCCCCCCCCCCCCCCCC(C)C. The Bertz CT molecular complexity index is 918. The summed E-state index contributed by atoms with van der Waals surface area (Å²) < 4.78 is 16.7. The molecule has 0 aromatic carbocycles. The summed E-state index contributed by atoms with van der Waals surface area (Å²) in [6.45, 7) is 8.98. The predicted molar refractivity (Wildman–Crippen MR) is 261 cm³/mol. The molecule has 0 aromatic heterocycles. The lowest BCUT2D eigenvalue weighted by molar-refractivity contribution is -0.167. The Labute approximate surface area is 380 Å². The van der Waals surface area contributed by atoms with Gasteiger partial charge in [0.15, 0.2) is 6.10 Å². The predicted octanol–water partition coefficient (Wildman–Crippen LogP) is 17.8. The summed E-state index contributed by atoms with van der Waals surface area (Å²) in [6, 6.07) is 0. The second kappa shape index (κ2) is 49.4. The van der Waals surface area contributed by atoms with E-state index in [4.69, 9.17) is 14.2 Å². The summed E-state index contributed by atoms with van der Waals surface area (Å²) in [6.07, 6.45) is 52.8. The fourth-order valence-electron chi connectivity index (χ4n) is 8.39. The average molecular weight is 863 g/mol. The largest absolute Gasteiger partial charge is 0.462 e. The number of unbranched alkanes of at least 4 members (excludes halogenated alkanes) is 37. The van der Waals surface area contributed by atoms with Crippen LogP contribution in [0.5, 0.6) is 0 Å². The van der Waals surface area contributed by atoms with E-state index >= 15 is 0 Å². The van der Waals surface area contributed by atoms with Crippen molar-refractivity contribution in [2.24, 2.45) is 5.92 Å². The standard InChI is InChI=1S/C55H106O6/c1-5-7-9-11-12-13-14-15-16-17-18-19-23-26-29-32-35-39-43-47-54(57)60-50-52(49-59-53(56)46-42-37-10-8-6-2)61-55(58)48-44-40-36-33-30-27-24-21-20-22-25-28-31-34-38-41-45-51(3)4/h51-52H,5-50H2,1-4H3/t52-/m1/s1. The van der Waals surface area contributed by atoms with Crippen LogP contribution < -0.4 is 0 Å². The van der Waals surface area contributed by atoms with Crippen molar-refractivity contribution in [1.82, 2.24) is 0 Å². The van der Waals surface area contributed by atoms with Crippen molar-refractivity contribution in [2.75, 3.05) is 13.2 Å². The number of esters is 3. The van der Waals surface area contributed by atoms with Gasteiger partial charge in [0.05, 0.1) is 0 Å². The quantitative estimate of drug-likeness (QED) is 0.0344. The normalized spacial score (nSPS) is 12.0. The Morgan fingerprint density at radius 1 is 0.311 bits per heavy atom. The van der Waals surface area contributed by atoms with Crippen molar-refractivity contribution in [3.8, 4) is 0 Å². The number of rotatable bonds is 50. The molecular weight excluding hydrogens is 757 g/mol. The molecule has 6 heteroatoms. The molecule has 0 heterocycles. The molecule has 0 aromatic rings. The zero-order valence-electron chi connectivity index (χ0n) is 41.6. The molecule has 362 valence electrons. The number of hydrogen-bond donors (Lipinski definition) is 0. The molecule has 0 unspecified atom stereocenters. The fourth-order valence-corrected chi connectivity index (χ4v) is 8.39. The number of carbonyl (C=O) groups excluding carboxylic acids is 3. The molecule has 0 rings (SSSR count). The Kier molecular flexibility index (Phi) is 48.1. The van der Waals surface area contributed by atoms with Crippen molar-refractivity contribution in [3.05, 3.63) is 0 Å². The van der Waals surface area contributed by atoms with E-state index in [2.05, 4.69) is 27.7 Å². The Morgan fingerprint density at radius 2 is 0.541 bits per heavy atom. The molecule has 0 aliphatic rings. The molecule has 0 amide bonds. The maximum absolute atomic E-state index is 12.8. The third-order valence-electron chi connectivity index (χ3n) is 12.5. The van der Waals surface area contributed by atoms with Crippen LogP contribution in [0.1, 0.15) is 310 Å². The summed E-state index contributed by atoms with van der Waals surface area (Å²) in [5.74, 6) is -0.00386. The lowest BCUT2D eigenvalue weighted by Crippen LogP contribution is -2.30. The Morgan fingerprint density at radius 3 is 0.803 bits per heavy atom. The molecule has 61 heavy (non-hydrogen) atoms. The van der Waals surface area contributed by atoms with Crippen LogP contribution in [-0.2, 0) is 28.6 Å². The van der Waals surface area contributed by atoms with Crippen molar-refractivity contribution < 1.29 is 28.6 Å². The summed E-state index contributed by atoms with van der Waals surface area (Å²) in [5.41, 5.74) is 0. The molecule has 0 saturated heterocycles. The minimum absolute atomic E-state index is 0.0634. The molecule has 0 bridgehead atoms. The van der Waals surface area contributed by atoms with Gasteiger partial charge in [0.25, 0.3) is 0 Å². The van der Waals surface area contributed by atoms with Gasteiger partial charge >= 0.3 is 17.9 Å². The van der Waals surface area contributed by atoms with Crippen molar-refractivity contribution >= 4 is 17.9 Å². The lowest BCUT2D eigenvalue weighted by atomic mass is 10.0. The van der Waals surface area contributed by atoms with E-state index in [1.165, 1.54) is 199 Å². The second-order valence-electron chi connectivity index (χ2n) is 19.3. The summed E-state index contributed by atoms with van der Waals surface area (Å²) >= 11 is 0. The smallest absolute Gasteiger partial charge is 0.306 e. The number of carbonyl (C=O) groups is 3. The molecular formula is C55H106O6. The summed E-state index contributed by atoms with van der Waals surface area (Å²) in [5, 5.41) is 0. The highest BCUT2D eigenvalue weighted by Gasteiger charge is 2.19. The van der Waals surface area contributed by atoms with E-state index in [0.29, 0.717) is 19.3 Å². The van der Waals surface area contributed by atoms with E-state index in [1.54, 1.807) is 0 Å². The summed E-state index contributed by atoms with van der Waals surface area (Å²) in [7, 11) is 0. The van der Waals surface area contributed by atoms with Crippen LogP contribution in [0.25, 0.3) is 0 Å². The molecule has 0 aliphatic carbocycles. The third-order valence-corrected chi connectivity index (χ3v) is 12.5. The Hall–Kier alpha value is -1.59. The highest BCUT2D eigenvalue weighted by Crippen LogP contribution is 2.18. The Balaban J connectivity index is 4.06. The second-order valence-corrected chi connectivity index (χ2v) is 19.3. The molecule has 0 saturated carbocycles. The van der Waals surface area contributed by atoms with Gasteiger partial charge in [-0.1, -0.05) is 272 Å². The van der Waals surface area contributed by atoms with Crippen LogP contribution in [0, 0.1) is 5.92 Å². The van der Waals surface area contributed by atoms with Crippen LogP contribution in [0.15, 0.2) is 0 Å². The maximum Gasteiger partial charge on any atom is 0.306 e. The van der Waals surface area contributed by atoms with Gasteiger partial charge in [-0.15, -0.1) is 0 Å². The molecule has 0 fully saturated rings. The van der Waals surface area contributed by atoms with Gasteiger partial charge in [-0.25, -0.2) is 0 Å². The minimum Gasteiger partial charge on any atom is -0.462 e. The van der Waals surface area contributed by atoms with Gasteiger partial charge in [0.1, 0.15) is 13.2 Å². The monoisotopic (exact) mass is 863 g/mol. The van der Waals surface area contributed by atoms with Crippen molar-refractivity contribution in [2.45, 2.75) is 316 Å². The first-order valence-corrected chi connectivity index (χ1v) is 27.4. The third kappa shape index (κ3) is 49.3. The zero-order valence-corrected chi connectivity index (χ0v) is 41.6. The molecule has 0 N–H and O–H groups in total. The highest BCUT2D eigenvalue weighted by molar-refractivity contribution is 5.71. The minimum atomic E-state index is -0.759. The van der Waals surface area contributed by atoms with E-state index in [-0.39, 0.29) is 31.1 Å². The van der Waals surface area contributed by atoms with Gasteiger partial charge in [-0.05, 0) is 25.2 Å². The highest BCUT2D eigenvalue weighted by atomic mass is 16.6. The van der Waals surface area contributed by atoms with Gasteiger partial charge in [-0.2, -0.15) is 0 Å². The van der Waals surface area contributed by atoms with E-state index < -0.39 is 6.10 Å². The molecule has 6 nitrogen and oxygen atoms in total. The molecule has 1 atom stereocenters. The molecule has 0 aliphatic heterocycles. The van der Waals surface area contributed by atoms with Crippen LogP contribution in [0.2, 0.25) is 0 Å². The van der Waals surface area contributed by atoms with Gasteiger partial charge in [-0.3, -0.25) is 14.4 Å². The van der Waals surface area contributed by atoms with Gasteiger partial charge in [0.2, 0.25) is 0 Å². The van der Waals surface area contributed by atoms with Crippen LogP contribution in [0.4, 0.5) is 0 Å². The fraction of sp³-hybridized carbons (Fsp3) is 0.945. The first-order valence-electron chi connectivity index (χ1n) is 27.4. The van der Waals surface area contributed by atoms with E-state index in [0.717, 1.165) is 70.1 Å². The number of ether oxygens (including phenoxy) is 3.